The van der Waals surface area contributed by atoms with E-state index in [-0.39, 0.29) is 61.8 Å². The van der Waals surface area contributed by atoms with Gasteiger partial charge in [-0.15, -0.1) is 0 Å². The number of hydrogen-bond acceptors (Lipinski definition) is 7. The number of aromatic nitrogens is 4. The lowest BCUT2D eigenvalue weighted by molar-refractivity contribution is -0.183. The fourth-order valence-corrected chi connectivity index (χ4v) is 10.00. The van der Waals surface area contributed by atoms with Crippen molar-refractivity contribution in [3.8, 4) is 17.0 Å². The average Bonchev–Trinajstić information content (AvgIpc) is 3.68. The SMILES string of the molecule is CC1CC2CC(C1)C(NC(=O)c1ccc(-c3cn(C4CCC(C(F)(F)F)CC4)c4cc(OC5CCN(c6ncccn6)CC5)ccc34)nc1C(F)(F)F)(C(=O)O)C2. The van der Waals surface area contributed by atoms with Crippen molar-refractivity contribution in [3.63, 3.8) is 0 Å². The van der Waals surface area contributed by atoms with E-state index < -0.39 is 52.9 Å². The Morgan fingerprint density at radius 2 is 1.65 bits per heavy atom. The highest BCUT2D eigenvalue weighted by molar-refractivity contribution is 6.00. The van der Waals surface area contributed by atoms with Crippen molar-refractivity contribution in [1.29, 1.82) is 0 Å². The zero-order chi connectivity index (χ0) is 40.3. The van der Waals surface area contributed by atoms with Crippen molar-refractivity contribution < 1.29 is 45.8 Å². The molecule has 2 bridgehead atoms. The Labute approximate surface area is 325 Å². The quantitative estimate of drug-likeness (QED) is 0.170. The maximum absolute atomic E-state index is 14.8. The van der Waals surface area contributed by atoms with Crippen LogP contribution in [0.2, 0.25) is 0 Å². The van der Waals surface area contributed by atoms with E-state index in [1.54, 1.807) is 42.9 Å². The highest BCUT2D eigenvalue weighted by Gasteiger charge is 2.56. The molecule has 8 rings (SSSR count). The molecule has 1 amide bonds. The molecule has 0 spiro atoms. The normalized spacial score (nSPS) is 27.1. The van der Waals surface area contributed by atoms with Crippen LogP contribution in [-0.2, 0) is 11.0 Å². The fraction of sp³-hybridized carbons (Fsp3) is 0.537. The predicted molar refractivity (Wildman–Crippen MR) is 198 cm³/mol. The Kier molecular flexibility index (Phi) is 10.1. The Hall–Kier alpha value is -4.89. The molecule has 4 aliphatic rings. The largest absolute Gasteiger partial charge is 0.490 e. The molecule has 4 unspecified atom stereocenters. The molecule has 3 saturated carbocycles. The number of ether oxygens (including phenoxy) is 1. The smallest absolute Gasteiger partial charge is 0.434 e. The standard InChI is InChI=1S/C41H44F6N6O4/c1-23-17-24-19-26(18-23)39(21-24,37(55)56)51-36(54)31-9-10-33(50-35(31)41(45,46)47)32-22-53(27-5-3-25(4-6-27)40(42,43)44)34-20-29(7-8-30(32)34)57-28-11-15-52(16-12-28)38-48-13-2-14-49-38/h2,7-10,13-14,20,22-28H,3-6,11-12,15-19,21H2,1H3,(H,51,54)(H,55,56). The molecule has 4 aromatic rings. The van der Waals surface area contributed by atoms with Crippen LogP contribution in [0.4, 0.5) is 32.3 Å². The maximum Gasteiger partial charge on any atom is 0.434 e. The summed E-state index contributed by atoms with van der Waals surface area (Å²) >= 11 is 0. The third-order valence-corrected chi connectivity index (χ3v) is 12.7. The lowest BCUT2D eigenvalue weighted by Crippen LogP contribution is -2.57. The average molecular weight is 799 g/mol. The maximum atomic E-state index is 14.8. The molecular weight excluding hydrogens is 754 g/mol. The molecule has 0 radical (unpaired) electrons. The van der Waals surface area contributed by atoms with Gasteiger partial charge in [-0.3, -0.25) is 4.79 Å². The van der Waals surface area contributed by atoms with Gasteiger partial charge in [0.05, 0.1) is 22.7 Å². The number of nitrogens with one attached hydrogen (secondary N) is 1. The summed E-state index contributed by atoms with van der Waals surface area (Å²) in [5, 5.41) is 13.4. The molecule has 10 nitrogen and oxygen atoms in total. The van der Waals surface area contributed by atoms with Crippen molar-refractivity contribution in [1.82, 2.24) is 24.8 Å². The summed E-state index contributed by atoms with van der Waals surface area (Å²) < 4.78 is 93.5. The zero-order valence-corrected chi connectivity index (χ0v) is 31.3. The van der Waals surface area contributed by atoms with Gasteiger partial charge >= 0.3 is 18.3 Å². The van der Waals surface area contributed by atoms with E-state index in [2.05, 4.69) is 25.2 Å². The first kappa shape index (κ1) is 39.0. The first-order chi connectivity index (χ1) is 27.1. The second-order valence-electron chi connectivity index (χ2n) is 16.4. The van der Waals surface area contributed by atoms with Crippen LogP contribution in [0.3, 0.4) is 0 Å². The number of aliphatic carboxylic acids is 1. The van der Waals surface area contributed by atoms with E-state index in [4.69, 9.17) is 4.74 Å². The minimum atomic E-state index is -5.07. The molecule has 4 atom stereocenters. The van der Waals surface area contributed by atoms with Crippen LogP contribution in [-0.4, -0.2) is 67.4 Å². The topological polar surface area (TPSA) is 122 Å². The van der Waals surface area contributed by atoms with Crippen molar-refractivity contribution in [2.75, 3.05) is 18.0 Å². The molecule has 16 heteroatoms. The van der Waals surface area contributed by atoms with E-state index in [0.29, 0.717) is 66.9 Å². The number of carbonyl (C=O) groups excluding carboxylic acids is 1. The summed E-state index contributed by atoms with van der Waals surface area (Å²) in [5.41, 5.74) is -3.12. The molecule has 3 aliphatic carbocycles. The summed E-state index contributed by atoms with van der Waals surface area (Å²) in [6.45, 7) is 3.34. The summed E-state index contributed by atoms with van der Waals surface area (Å²) in [4.78, 5) is 41.1. The minimum Gasteiger partial charge on any atom is -0.490 e. The van der Waals surface area contributed by atoms with Gasteiger partial charge in [0, 0.05) is 67.6 Å². The molecule has 1 saturated heterocycles. The lowest BCUT2D eigenvalue weighted by Gasteiger charge is -2.33. The van der Waals surface area contributed by atoms with Crippen molar-refractivity contribution in [3.05, 3.63) is 66.2 Å². The van der Waals surface area contributed by atoms with Gasteiger partial charge < -0.3 is 24.6 Å². The minimum absolute atomic E-state index is 0.0484. The van der Waals surface area contributed by atoms with E-state index in [1.165, 1.54) is 6.07 Å². The second-order valence-corrected chi connectivity index (χ2v) is 16.4. The van der Waals surface area contributed by atoms with Gasteiger partial charge in [0.2, 0.25) is 5.95 Å². The number of fused-ring (bicyclic) bond motifs is 3. The van der Waals surface area contributed by atoms with Gasteiger partial charge in [-0.05, 0) is 99.5 Å². The van der Waals surface area contributed by atoms with Crippen LogP contribution in [0.25, 0.3) is 22.2 Å². The lowest BCUT2D eigenvalue weighted by atomic mass is 9.78. The van der Waals surface area contributed by atoms with Gasteiger partial charge in [-0.2, -0.15) is 26.3 Å². The van der Waals surface area contributed by atoms with Gasteiger partial charge in [0.15, 0.2) is 5.69 Å². The highest BCUT2D eigenvalue weighted by Crippen LogP contribution is 2.51. The first-order valence-corrected chi connectivity index (χ1v) is 19.6. The second kappa shape index (κ2) is 14.8. The predicted octanol–water partition coefficient (Wildman–Crippen LogP) is 8.86. The Morgan fingerprint density at radius 1 is 0.930 bits per heavy atom. The number of piperidine rings is 1. The van der Waals surface area contributed by atoms with E-state index in [9.17, 15) is 41.0 Å². The van der Waals surface area contributed by atoms with Gasteiger partial charge in [-0.1, -0.05) is 6.92 Å². The summed E-state index contributed by atoms with van der Waals surface area (Å²) in [5.74, 6) is -2.82. The zero-order valence-electron chi connectivity index (χ0n) is 31.3. The van der Waals surface area contributed by atoms with E-state index in [1.807, 2.05) is 11.5 Å². The number of rotatable bonds is 8. The first-order valence-electron chi connectivity index (χ1n) is 19.6. The number of alkyl halides is 6. The van der Waals surface area contributed by atoms with Crippen molar-refractivity contribution in [2.45, 2.75) is 101 Å². The molecule has 1 aliphatic heterocycles. The number of benzene rings is 1. The number of carboxylic acid groups (broad SMARTS) is 1. The summed E-state index contributed by atoms with van der Waals surface area (Å²) in [6, 6.07) is 8.94. The van der Waals surface area contributed by atoms with Gasteiger partial charge in [-0.25, -0.2) is 19.7 Å². The Balaban J connectivity index is 1.11. The van der Waals surface area contributed by atoms with E-state index in [0.717, 1.165) is 12.5 Å². The molecule has 304 valence electrons. The molecule has 2 N–H and O–H groups in total. The summed E-state index contributed by atoms with van der Waals surface area (Å²) in [6.07, 6.45) is -0.844. The number of pyridine rings is 1. The molecule has 1 aromatic carbocycles. The molecule has 57 heavy (non-hydrogen) atoms. The molecular formula is C41H44F6N6O4. The van der Waals surface area contributed by atoms with Gasteiger partial charge in [0.1, 0.15) is 17.4 Å². The third-order valence-electron chi connectivity index (χ3n) is 12.7. The van der Waals surface area contributed by atoms with Crippen molar-refractivity contribution in [2.24, 2.45) is 23.7 Å². The van der Waals surface area contributed by atoms with Crippen LogP contribution in [0, 0.1) is 23.7 Å². The molecule has 4 heterocycles. The van der Waals surface area contributed by atoms with Crippen LogP contribution in [0.1, 0.15) is 93.2 Å². The summed E-state index contributed by atoms with van der Waals surface area (Å²) in [7, 11) is 0. The number of nitrogens with zero attached hydrogens (tertiary/aromatic N) is 5. The van der Waals surface area contributed by atoms with Gasteiger partial charge in [0.25, 0.3) is 5.91 Å². The number of carboxylic acids is 1. The molecule has 3 aromatic heterocycles. The van der Waals surface area contributed by atoms with Crippen molar-refractivity contribution >= 4 is 28.7 Å². The number of halogens is 6. The Morgan fingerprint density at radius 3 is 2.32 bits per heavy atom. The highest BCUT2D eigenvalue weighted by atomic mass is 19.4. The molecule has 4 fully saturated rings. The fourth-order valence-electron chi connectivity index (χ4n) is 10.00. The third kappa shape index (κ3) is 7.63. The van der Waals surface area contributed by atoms with Crippen LogP contribution in [0.15, 0.2) is 55.0 Å². The Bertz CT molecular complexity index is 2130. The van der Waals surface area contributed by atoms with Crippen LogP contribution < -0.4 is 15.0 Å². The van der Waals surface area contributed by atoms with Crippen LogP contribution >= 0.6 is 0 Å². The number of amides is 1. The van der Waals surface area contributed by atoms with Crippen LogP contribution in [0.5, 0.6) is 5.75 Å². The number of hydrogen-bond donors (Lipinski definition) is 2. The van der Waals surface area contributed by atoms with E-state index >= 15 is 0 Å². The number of anilines is 1. The monoisotopic (exact) mass is 798 g/mol. The number of carbonyl (C=O) groups is 2.